The SMILES string of the molecule is Cn1ccc2cc(-c3cnccn3)ccc21. The molecule has 0 unspecified atom stereocenters. The number of rotatable bonds is 1. The lowest BCUT2D eigenvalue weighted by molar-refractivity contribution is 0.969. The monoisotopic (exact) mass is 209 g/mol. The maximum Gasteiger partial charge on any atom is 0.0885 e. The van der Waals surface area contributed by atoms with E-state index in [0.717, 1.165) is 11.3 Å². The van der Waals surface area contributed by atoms with Crippen molar-refractivity contribution in [3.05, 3.63) is 49.1 Å². The zero-order valence-electron chi connectivity index (χ0n) is 8.96. The van der Waals surface area contributed by atoms with Crippen LogP contribution in [0.3, 0.4) is 0 Å². The minimum Gasteiger partial charge on any atom is -0.351 e. The predicted molar refractivity (Wildman–Crippen MR) is 63.9 cm³/mol. The number of aryl methyl sites for hydroxylation is 1. The van der Waals surface area contributed by atoms with Crippen LogP contribution in [0.2, 0.25) is 0 Å². The highest BCUT2D eigenvalue weighted by atomic mass is 14.9. The van der Waals surface area contributed by atoms with E-state index in [1.54, 1.807) is 18.6 Å². The van der Waals surface area contributed by atoms with Crippen LogP contribution in [0.4, 0.5) is 0 Å². The van der Waals surface area contributed by atoms with Gasteiger partial charge in [-0.25, -0.2) is 0 Å². The minimum absolute atomic E-state index is 0.910. The van der Waals surface area contributed by atoms with Crippen LogP contribution >= 0.6 is 0 Å². The van der Waals surface area contributed by atoms with Crippen molar-refractivity contribution in [3.8, 4) is 11.3 Å². The van der Waals surface area contributed by atoms with Crippen LogP contribution in [-0.4, -0.2) is 14.5 Å². The van der Waals surface area contributed by atoms with Crippen LogP contribution in [0, 0.1) is 0 Å². The van der Waals surface area contributed by atoms with E-state index in [9.17, 15) is 0 Å². The van der Waals surface area contributed by atoms with Crippen LogP contribution in [0.25, 0.3) is 22.2 Å². The van der Waals surface area contributed by atoms with E-state index >= 15 is 0 Å². The standard InChI is InChI=1S/C13H11N3/c1-16-7-4-11-8-10(2-3-13(11)16)12-9-14-5-6-15-12/h2-9H,1H3. The Morgan fingerprint density at radius 1 is 1.12 bits per heavy atom. The summed E-state index contributed by atoms with van der Waals surface area (Å²) < 4.78 is 2.11. The molecule has 0 saturated carbocycles. The highest BCUT2D eigenvalue weighted by molar-refractivity contribution is 5.84. The Balaban J connectivity index is 2.19. The summed E-state index contributed by atoms with van der Waals surface area (Å²) in [6, 6.07) is 8.43. The molecule has 0 spiro atoms. The van der Waals surface area contributed by atoms with E-state index < -0.39 is 0 Å². The van der Waals surface area contributed by atoms with Crippen molar-refractivity contribution in [2.24, 2.45) is 7.05 Å². The Kier molecular flexibility index (Phi) is 1.96. The molecule has 3 aromatic rings. The van der Waals surface area contributed by atoms with Crippen molar-refractivity contribution in [2.45, 2.75) is 0 Å². The van der Waals surface area contributed by atoms with Gasteiger partial charge in [0.25, 0.3) is 0 Å². The summed E-state index contributed by atoms with van der Waals surface area (Å²) in [5.74, 6) is 0. The van der Waals surface area contributed by atoms with Gasteiger partial charge >= 0.3 is 0 Å². The molecule has 0 bridgehead atoms. The van der Waals surface area contributed by atoms with E-state index in [4.69, 9.17) is 0 Å². The molecular weight excluding hydrogens is 198 g/mol. The van der Waals surface area contributed by atoms with Crippen LogP contribution in [0.5, 0.6) is 0 Å². The minimum atomic E-state index is 0.910. The van der Waals surface area contributed by atoms with Crippen molar-refractivity contribution >= 4 is 10.9 Å². The topological polar surface area (TPSA) is 30.7 Å². The van der Waals surface area contributed by atoms with Gasteiger partial charge in [0.2, 0.25) is 0 Å². The van der Waals surface area contributed by atoms with E-state index in [0.29, 0.717) is 0 Å². The lowest BCUT2D eigenvalue weighted by atomic mass is 10.1. The lowest BCUT2D eigenvalue weighted by Gasteiger charge is -2.01. The Bertz CT molecular complexity index is 626. The molecule has 0 atom stereocenters. The molecule has 3 heteroatoms. The van der Waals surface area contributed by atoms with Gasteiger partial charge in [-0.05, 0) is 18.2 Å². The molecule has 0 aliphatic heterocycles. The van der Waals surface area contributed by atoms with Gasteiger partial charge in [0.05, 0.1) is 11.9 Å². The molecule has 78 valence electrons. The van der Waals surface area contributed by atoms with Gasteiger partial charge in [0.1, 0.15) is 0 Å². The third-order valence-electron chi connectivity index (χ3n) is 2.74. The van der Waals surface area contributed by atoms with Crippen LogP contribution in [0.15, 0.2) is 49.1 Å². The van der Waals surface area contributed by atoms with E-state index in [2.05, 4.69) is 45.0 Å². The van der Waals surface area contributed by atoms with Crippen molar-refractivity contribution in [1.82, 2.24) is 14.5 Å². The third kappa shape index (κ3) is 1.37. The fourth-order valence-corrected chi connectivity index (χ4v) is 1.89. The molecular formula is C13H11N3. The summed E-state index contributed by atoms with van der Waals surface area (Å²) in [6.07, 6.45) is 7.24. The van der Waals surface area contributed by atoms with Gasteiger partial charge in [0, 0.05) is 42.1 Å². The molecule has 3 nitrogen and oxygen atoms in total. The second-order valence-electron chi connectivity index (χ2n) is 3.79. The van der Waals surface area contributed by atoms with Gasteiger partial charge in [0.15, 0.2) is 0 Å². The first-order valence-electron chi connectivity index (χ1n) is 5.16. The Labute approximate surface area is 93.4 Å². The molecule has 0 radical (unpaired) electrons. The Hall–Kier alpha value is -2.16. The molecule has 0 amide bonds. The molecule has 2 aromatic heterocycles. The smallest absolute Gasteiger partial charge is 0.0885 e. The van der Waals surface area contributed by atoms with Gasteiger partial charge in [-0.3, -0.25) is 9.97 Å². The second-order valence-corrected chi connectivity index (χ2v) is 3.79. The summed E-state index contributed by atoms with van der Waals surface area (Å²) in [4.78, 5) is 8.37. The summed E-state index contributed by atoms with van der Waals surface area (Å²) in [5, 5.41) is 1.23. The maximum atomic E-state index is 4.29. The molecule has 0 saturated heterocycles. The highest BCUT2D eigenvalue weighted by Gasteiger charge is 2.02. The first-order chi connectivity index (χ1) is 7.84. The van der Waals surface area contributed by atoms with Gasteiger partial charge in [-0.15, -0.1) is 0 Å². The predicted octanol–water partition coefficient (Wildman–Crippen LogP) is 2.64. The molecule has 16 heavy (non-hydrogen) atoms. The first-order valence-corrected chi connectivity index (χ1v) is 5.16. The summed E-state index contributed by atoms with van der Waals surface area (Å²) in [6.45, 7) is 0. The Morgan fingerprint density at radius 2 is 2.06 bits per heavy atom. The molecule has 0 aliphatic rings. The van der Waals surface area contributed by atoms with Crippen molar-refractivity contribution in [2.75, 3.05) is 0 Å². The van der Waals surface area contributed by atoms with E-state index in [1.807, 2.05) is 7.05 Å². The number of nitrogens with zero attached hydrogens (tertiary/aromatic N) is 3. The van der Waals surface area contributed by atoms with Gasteiger partial charge in [-0.2, -0.15) is 0 Å². The molecule has 1 aromatic carbocycles. The maximum absolute atomic E-state index is 4.29. The quantitative estimate of drug-likeness (QED) is 0.616. The van der Waals surface area contributed by atoms with Gasteiger partial charge in [-0.1, -0.05) is 6.07 Å². The number of hydrogen-bond acceptors (Lipinski definition) is 2. The van der Waals surface area contributed by atoms with Crippen molar-refractivity contribution < 1.29 is 0 Å². The van der Waals surface area contributed by atoms with Crippen LogP contribution in [-0.2, 0) is 7.05 Å². The fourth-order valence-electron chi connectivity index (χ4n) is 1.89. The molecule has 3 rings (SSSR count). The van der Waals surface area contributed by atoms with E-state index in [1.165, 1.54) is 10.9 Å². The zero-order chi connectivity index (χ0) is 11.0. The van der Waals surface area contributed by atoms with Crippen LogP contribution < -0.4 is 0 Å². The zero-order valence-corrected chi connectivity index (χ0v) is 8.96. The first kappa shape index (κ1) is 9.09. The lowest BCUT2D eigenvalue weighted by Crippen LogP contribution is -1.86. The largest absolute Gasteiger partial charge is 0.351 e. The molecule has 0 fully saturated rings. The summed E-state index contributed by atoms with van der Waals surface area (Å²) in [7, 11) is 2.05. The number of fused-ring (bicyclic) bond motifs is 1. The molecule has 0 N–H and O–H groups in total. The summed E-state index contributed by atoms with van der Waals surface area (Å²) in [5.41, 5.74) is 3.24. The highest BCUT2D eigenvalue weighted by Crippen LogP contribution is 2.22. The second kappa shape index (κ2) is 3.45. The van der Waals surface area contributed by atoms with Gasteiger partial charge < -0.3 is 4.57 Å². The summed E-state index contributed by atoms with van der Waals surface area (Å²) >= 11 is 0. The number of hydrogen-bond donors (Lipinski definition) is 0. The fraction of sp³-hybridized carbons (Fsp3) is 0.0769. The number of benzene rings is 1. The number of aromatic nitrogens is 3. The average Bonchev–Trinajstić information content (AvgIpc) is 2.72. The average molecular weight is 209 g/mol. The normalized spacial score (nSPS) is 10.8. The van der Waals surface area contributed by atoms with Crippen LogP contribution in [0.1, 0.15) is 0 Å². The Morgan fingerprint density at radius 3 is 2.88 bits per heavy atom. The van der Waals surface area contributed by atoms with Crippen molar-refractivity contribution in [3.63, 3.8) is 0 Å². The molecule has 2 heterocycles. The molecule has 0 aliphatic carbocycles. The van der Waals surface area contributed by atoms with Crippen molar-refractivity contribution in [1.29, 1.82) is 0 Å². The van der Waals surface area contributed by atoms with E-state index in [-0.39, 0.29) is 0 Å². The third-order valence-corrected chi connectivity index (χ3v) is 2.74.